The molecule has 1 unspecified atom stereocenters. The summed E-state index contributed by atoms with van der Waals surface area (Å²) in [5.74, 6) is 0.108. The Hall–Kier alpha value is -2.33. The lowest BCUT2D eigenvalue weighted by molar-refractivity contribution is 0.136. The van der Waals surface area contributed by atoms with Gasteiger partial charge in [-0.15, -0.1) is 0 Å². The van der Waals surface area contributed by atoms with E-state index in [1.807, 2.05) is 6.92 Å². The van der Waals surface area contributed by atoms with Crippen molar-refractivity contribution < 1.29 is 9.53 Å². The predicted octanol–water partition coefficient (Wildman–Crippen LogP) is 4.06. The lowest BCUT2D eigenvalue weighted by atomic mass is 9.98. The number of amides is 1. The Labute approximate surface area is 155 Å². The van der Waals surface area contributed by atoms with Crippen molar-refractivity contribution in [2.24, 2.45) is 0 Å². The predicted molar refractivity (Wildman–Crippen MR) is 103 cm³/mol. The molecule has 0 saturated carbocycles. The van der Waals surface area contributed by atoms with Crippen LogP contribution >= 0.6 is 0 Å². The molecule has 1 heterocycles. The molecule has 26 heavy (non-hydrogen) atoms. The van der Waals surface area contributed by atoms with Gasteiger partial charge in [-0.2, -0.15) is 0 Å². The third-order valence-electron chi connectivity index (χ3n) is 5.64. The van der Waals surface area contributed by atoms with Gasteiger partial charge in [0.05, 0.1) is 0 Å². The molecule has 0 spiro atoms. The summed E-state index contributed by atoms with van der Waals surface area (Å²) in [6, 6.07) is 17.2. The van der Waals surface area contributed by atoms with Crippen LogP contribution in [-0.2, 0) is 4.74 Å². The number of hydrogen-bond acceptors (Lipinski definition) is 3. The number of piperidine rings is 1. The Balaban J connectivity index is 1.40. The SMILES string of the molecule is C[C@H](NC(=O)OCC1c2ccccc2-c2ccccc21)C1CCCCN1. The zero-order valence-electron chi connectivity index (χ0n) is 15.2. The topological polar surface area (TPSA) is 50.4 Å². The third kappa shape index (κ3) is 3.34. The summed E-state index contributed by atoms with van der Waals surface area (Å²) in [6.45, 7) is 3.44. The minimum Gasteiger partial charge on any atom is -0.449 e. The summed E-state index contributed by atoms with van der Waals surface area (Å²) in [6.07, 6.45) is 3.21. The fraction of sp³-hybridized carbons (Fsp3) is 0.409. The molecule has 0 bridgehead atoms. The van der Waals surface area contributed by atoms with Crippen LogP contribution in [-0.4, -0.2) is 31.3 Å². The first-order valence-corrected chi connectivity index (χ1v) is 9.59. The van der Waals surface area contributed by atoms with E-state index in [0.717, 1.165) is 13.0 Å². The van der Waals surface area contributed by atoms with Crippen LogP contribution in [0.2, 0.25) is 0 Å². The fourth-order valence-electron chi connectivity index (χ4n) is 4.23. The molecule has 136 valence electrons. The van der Waals surface area contributed by atoms with Crippen molar-refractivity contribution in [3.05, 3.63) is 59.7 Å². The summed E-state index contributed by atoms with van der Waals surface area (Å²) < 4.78 is 5.62. The molecule has 0 aromatic heterocycles. The molecule has 2 aliphatic rings. The minimum atomic E-state index is -0.327. The van der Waals surface area contributed by atoms with Crippen LogP contribution in [0.5, 0.6) is 0 Å². The molecule has 1 aliphatic carbocycles. The number of alkyl carbamates (subject to hydrolysis) is 1. The van der Waals surface area contributed by atoms with E-state index < -0.39 is 0 Å². The van der Waals surface area contributed by atoms with E-state index >= 15 is 0 Å². The van der Waals surface area contributed by atoms with Crippen LogP contribution in [0.1, 0.15) is 43.2 Å². The summed E-state index contributed by atoms with van der Waals surface area (Å²) >= 11 is 0. The molecular weight excluding hydrogens is 324 g/mol. The Bertz CT molecular complexity index is 738. The maximum Gasteiger partial charge on any atom is 0.407 e. The van der Waals surface area contributed by atoms with Gasteiger partial charge in [-0.25, -0.2) is 4.79 Å². The smallest absolute Gasteiger partial charge is 0.407 e. The number of carbonyl (C=O) groups is 1. The highest BCUT2D eigenvalue weighted by Gasteiger charge is 2.29. The quantitative estimate of drug-likeness (QED) is 0.874. The highest BCUT2D eigenvalue weighted by Crippen LogP contribution is 2.44. The van der Waals surface area contributed by atoms with Crippen LogP contribution in [0.15, 0.2) is 48.5 Å². The van der Waals surface area contributed by atoms with Gasteiger partial charge in [-0.1, -0.05) is 55.0 Å². The van der Waals surface area contributed by atoms with Gasteiger partial charge in [0.15, 0.2) is 0 Å². The maximum absolute atomic E-state index is 12.3. The molecule has 4 rings (SSSR count). The second-order valence-electron chi connectivity index (χ2n) is 7.31. The molecular formula is C22H26N2O2. The van der Waals surface area contributed by atoms with Crippen molar-refractivity contribution in [1.29, 1.82) is 0 Å². The van der Waals surface area contributed by atoms with E-state index in [0.29, 0.717) is 12.6 Å². The molecule has 2 aromatic carbocycles. The standard InChI is InChI=1S/C22H26N2O2/c1-15(21-12-6-7-13-23-21)24-22(25)26-14-20-18-10-4-2-8-16(18)17-9-3-5-11-19(17)20/h2-5,8-11,15,20-21,23H,6-7,12-14H2,1H3,(H,24,25)/t15-,21?/m0/s1. The minimum absolute atomic E-state index is 0.0750. The lowest BCUT2D eigenvalue weighted by Crippen LogP contribution is -2.50. The van der Waals surface area contributed by atoms with Crippen molar-refractivity contribution in [2.75, 3.05) is 13.2 Å². The molecule has 2 aromatic rings. The highest BCUT2D eigenvalue weighted by molar-refractivity contribution is 5.79. The number of hydrogen-bond donors (Lipinski definition) is 2. The Morgan fingerprint density at radius 1 is 1.12 bits per heavy atom. The monoisotopic (exact) mass is 350 g/mol. The van der Waals surface area contributed by atoms with Crippen LogP contribution in [0, 0.1) is 0 Å². The Morgan fingerprint density at radius 3 is 2.38 bits per heavy atom. The Morgan fingerprint density at radius 2 is 1.77 bits per heavy atom. The van der Waals surface area contributed by atoms with E-state index in [1.165, 1.54) is 35.1 Å². The number of benzene rings is 2. The van der Waals surface area contributed by atoms with Crippen LogP contribution in [0.3, 0.4) is 0 Å². The first-order valence-electron chi connectivity index (χ1n) is 9.59. The molecule has 1 saturated heterocycles. The van der Waals surface area contributed by atoms with Crippen LogP contribution < -0.4 is 10.6 Å². The summed E-state index contributed by atoms with van der Waals surface area (Å²) in [7, 11) is 0. The summed E-state index contributed by atoms with van der Waals surface area (Å²) in [5.41, 5.74) is 4.97. The van der Waals surface area contributed by atoms with E-state index in [9.17, 15) is 4.79 Å². The van der Waals surface area contributed by atoms with Gasteiger partial charge in [-0.3, -0.25) is 0 Å². The second kappa shape index (κ2) is 7.50. The summed E-state index contributed by atoms with van der Waals surface area (Å²) in [4.78, 5) is 12.3. The molecule has 2 atom stereocenters. The van der Waals surface area contributed by atoms with E-state index in [-0.39, 0.29) is 18.1 Å². The number of nitrogens with one attached hydrogen (secondary N) is 2. The van der Waals surface area contributed by atoms with Crippen molar-refractivity contribution in [3.8, 4) is 11.1 Å². The average Bonchev–Trinajstić information content (AvgIpc) is 3.01. The Kier molecular flexibility index (Phi) is 4.93. The highest BCUT2D eigenvalue weighted by atomic mass is 16.5. The van der Waals surface area contributed by atoms with Crippen LogP contribution in [0.25, 0.3) is 11.1 Å². The molecule has 1 amide bonds. The number of rotatable bonds is 4. The number of fused-ring (bicyclic) bond motifs is 3. The summed E-state index contributed by atoms with van der Waals surface area (Å²) in [5, 5.41) is 6.48. The van der Waals surface area contributed by atoms with Gasteiger partial charge < -0.3 is 15.4 Å². The average molecular weight is 350 g/mol. The molecule has 1 aliphatic heterocycles. The second-order valence-corrected chi connectivity index (χ2v) is 7.31. The first-order chi connectivity index (χ1) is 12.7. The van der Waals surface area contributed by atoms with Crippen molar-refractivity contribution in [2.45, 2.75) is 44.2 Å². The molecule has 4 heteroatoms. The van der Waals surface area contributed by atoms with Gasteiger partial charge >= 0.3 is 6.09 Å². The van der Waals surface area contributed by atoms with E-state index in [2.05, 4.69) is 59.2 Å². The van der Waals surface area contributed by atoms with E-state index in [4.69, 9.17) is 4.74 Å². The largest absolute Gasteiger partial charge is 0.449 e. The van der Waals surface area contributed by atoms with Gasteiger partial charge in [0, 0.05) is 18.0 Å². The molecule has 4 nitrogen and oxygen atoms in total. The third-order valence-corrected chi connectivity index (χ3v) is 5.64. The lowest BCUT2D eigenvalue weighted by Gasteiger charge is -2.29. The van der Waals surface area contributed by atoms with Crippen molar-refractivity contribution >= 4 is 6.09 Å². The van der Waals surface area contributed by atoms with Crippen LogP contribution in [0.4, 0.5) is 4.79 Å². The molecule has 2 N–H and O–H groups in total. The molecule has 1 fully saturated rings. The normalized spacial score (nSPS) is 20.1. The van der Waals surface area contributed by atoms with Gasteiger partial charge in [0.1, 0.15) is 6.61 Å². The number of carbonyl (C=O) groups excluding carboxylic acids is 1. The first kappa shape index (κ1) is 17.1. The zero-order chi connectivity index (χ0) is 17.9. The van der Waals surface area contributed by atoms with Crippen molar-refractivity contribution in [3.63, 3.8) is 0 Å². The number of ether oxygens (including phenoxy) is 1. The fourth-order valence-corrected chi connectivity index (χ4v) is 4.23. The van der Waals surface area contributed by atoms with Gasteiger partial charge in [0.2, 0.25) is 0 Å². The van der Waals surface area contributed by atoms with Gasteiger partial charge in [-0.05, 0) is 48.6 Å². The van der Waals surface area contributed by atoms with Gasteiger partial charge in [0.25, 0.3) is 0 Å². The van der Waals surface area contributed by atoms with E-state index in [1.54, 1.807) is 0 Å². The maximum atomic E-state index is 12.3. The van der Waals surface area contributed by atoms with Crippen molar-refractivity contribution in [1.82, 2.24) is 10.6 Å². The zero-order valence-corrected chi connectivity index (χ0v) is 15.2. The molecule has 0 radical (unpaired) electrons.